The Bertz CT molecular complexity index is 526. The third kappa shape index (κ3) is 4.03. The molecule has 0 aromatic carbocycles. The molecule has 2 atom stereocenters. The molecule has 0 spiro atoms. The van der Waals surface area contributed by atoms with E-state index in [0.717, 1.165) is 38.2 Å². The number of carbonyl (C=O) groups is 1. The Balaban J connectivity index is 1.53. The minimum absolute atomic E-state index is 0.158. The van der Waals surface area contributed by atoms with Crippen molar-refractivity contribution < 1.29 is 14.3 Å². The van der Waals surface area contributed by atoms with Crippen molar-refractivity contribution in [1.29, 1.82) is 0 Å². The fourth-order valence-electron chi connectivity index (χ4n) is 3.83. The number of hydrogen-bond donors (Lipinski definition) is 1. The van der Waals surface area contributed by atoms with E-state index in [1.165, 1.54) is 0 Å². The molecule has 5 heteroatoms. The Kier molecular flexibility index (Phi) is 5.51. The van der Waals surface area contributed by atoms with Gasteiger partial charge in [0.1, 0.15) is 5.76 Å². The third-order valence-corrected chi connectivity index (χ3v) is 4.97. The highest BCUT2D eigenvalue weighted by atomic mass is 16.3. The smallest absolute Gasteiger partial charge is 0.222 e. The average Bonchev–Trinajstić information content (AvgIpc) is 3.07. The van der Waals surface area contributed by atoms with Gasteiger partial charge in [-0.1, -0.05) is 6.08 Å². The monoisotopic (exact) mass is 318 g/mol. The van der Waals surface area contributed by atoms with E-state index in [9.17, 15) is 4.79 Å². The standard InChI is InChI=1S/C18H26N2O3/c21-12-3-10-20-17-8-11-19(14-15(17)6-7-18(20)22)9-1-4-16-5-2-13-23-16/h1-2,4-5,13,15,17,21H,3,6-12,14H2/b4-1+/t15-,17+/m1/s1. The summed E-state index contributed by atoms with van der Waals surface area (Å²) in [7, 11) is 0. The van der Waals surface area contributed by atoms with E-state index in [4.69, 9.17) is 9.52 Å². The average molecular weight is 318 g/mol. The number of carbonyl (C=O) groups excluding carboxylic acids is 1. The van der Waals surface area contributed by atoms with Crippen LogP contribution in [0.5, 0.6) is 0 Å². The van der Waals surface area contributed by atoms with E-state index in [0.29, 0.717) is 31.3 Å². The summed E-state index contributed by atoms with van der Waals surface area (Å²) < 4.78 is 5.30. The summed E-state index contributed by atoms with van der Waals surface area (Å²) in [5, 5.41) is 9.04. The zero-order valence-corrected chi connectivity index (χ0v) is 13.6. The van der Waals surface area contributed by atoms with Crippen LogP contribution in [0.1, 0.15) is 31.4 Å². The molecule has 0 aliphatic carbocycles. The van der Waals surface area contributed by atoms with Crippen LogP contribution in [-0.2, 0) is 4.79 Å². The van der Waals surface area contributed by atoms with Gasteiger partial charge in [-0.25, -0.2) is 0 Å². The molecule has 2 aliphatic rings. The van der Waals surface area contributed by atoms with Crippen molar-refractivity contribution in [3.05, 3.63) is 30.2 Å². The molecule has 0 saturated carbocycles. The van der Waals surface area contributed by atoms with Gasteiger partial charge in [-0.15, -0.1) is 0 Å². The summed E-state index contributed by atoms with van der Waals surface area (Å²) in [6.07, 6.45) is 9.23. The molecule has 0 bridgehead atoms. The van der Waals surface area contributed by atoms with Crippen LogP contribution in [0.25, 0.3) is 6.08 Å². The maximum absolute atomic E-state index is 12.1. The lowest BCUT2D eigenvalue weighted by Crippen LogP contribution is -2.56. The molecular weight excluding hydrogens is 292 g/mol. The van der Waals surface area contributed by atoms with Crippen molar-refractivity contribution in [3.63, 3.8) is 0 Å². The summed E-state index contributed by atoms with van der Waals surface area (Å²) in [4.78, 5) is 16.6. The molecule has 5 nitrogen and oxygen atoms in total. The number of furan rings is 1. The van der Waals surface area contributed by atoms with Gasteiger partial charge in [-0.05, 0) is 43.4 Å². The Labute approximate surface area is 137 Å². The first kappa shape index (κ1) is 16.3. The second-order valence-electron chi connectivity index (χ2n) is 6.50. The highest BCUT2D eigenvalue weighted by molar-refractivity contribution is 5.77. The Morgan fingerprint density at radius 3 is 3.09 bits per heavy atom. The van der Waals surface area contributed by atoms with E-state index < -0.39 is 0 Å². The topological polar surface area (TPSA) is 56.9 Å². The summed E-state index contributed by atoms with van der Waals surface area (Å²) in [5.74, 6) is 1.72. The van der Waals surface area contributed by atoms with E-state index in [1.807, 2.05) is 23.1 Å². The van der Waals surface area contributed by atoms with Crippen LogP contribution in [0.4, 0.5) is 0 Å². The molecule has 1 aromatic heterocycles. The Morgan fingerprint density at radius 2 is 2.30 bits per heavy atom. The SMILES string of the molecule is O=C1CC[C@@H]2CN(C/C=C/c3ccco3)CC[C@@H]2N1CCCO. The third-order valence-electron chi connectivity index (χ3n) is 4.97. The number of aliphatic hydroxyl groups is 1. The summed E-state index contributed by atoms with van der Waals surface area (Å²) in [6.45, 7) is 3.86. The molecule has 0 radical (unpaired) electrons. The number of fused-ring (bicyclic) bond motifs is 1. The molecule has 1 amide bonds. The second-order valence-corrected chi connectivity index (χ2v) is 6.50. The van der Waals surface area contributed by atoms with Crippen molar-refractivity contribution in [1.82, 2.24) is 9.80 Å². The number of rotatable bonds is 6. The first-order valence-electron chi connectivity index (χ1n) is 8.60. The van der Waals surface area contributed by atoms with Gasteiger partial charge < -0.3 is 14.4 Å². The lowest BCUT2D eigenvalue weighted by Gasteiger charge is -2.47. The van der Waals surface area contributed by atoms with Crippen molar-refractivity contribution in [3.8, 4) is 0 Å². The number of nitrogens with zero attached hydrogens (tertiary/aromatic N) is 2. The zero-order chi connectivity index (χ0) is 16.1. The molecule has 3 heterocycles. The number of likely N-dealkylation sites (tertiary alicyclic amines) is 2. The minimum atomic E-state index is 0.158. The predicted molar refractivity (Wildman–Crippen MR) is 88.7 cm³/mol. The number of amides is 1. The second kappa shape index (κ2) is 7.79. The quantitative estimate of drug-likeness (QED) is 0.871. The molecule has 2 aliphatic heterocycles. The fraction of sp³-hybridized carbons (Fsp3) is 0.611. The zero-order valence-electron chi connectivity index (χ0n) is 13.6. The molecule has 3 rings (SSSR count). The van der Waals surface area contributed by atoms with Crippen LogP contribution >= 0.6 is 0 Å². The van der Waals surface area contributed by atoms with Gasteiger partial charge in [0.15, 0.2) is 0 Å². The maximum atomic E-state index is 12.1. The van der Waals surface area contributed by atoms with E-state index in [1.54, 1.807) is 6.26 Å². The lowest BCUT2D eigenvalue weighted by molar-refractivity contribution is -0.141. The van der Waals surface area contributed by atoms with E-state index in [2.05, 4.69) is 11.0 Å². The van der Waals surface area contributed by atoms with E-state index in [-0.39, 0.29) is 12.5 Å². The molecule has 0 unspecified atom stereocenters. The van der Waals surface area contributed by atoms with Gasteiger partial charge >= 0.3 is 0 Å². The lowest BCUT2D eigenvalue weighted by atomic mass is 9.83. The first-order chi connectivity index (χ1) is 11.3. The highest BCUT2D eigenvalue weighted by Crippen LogP contribution is 2.31. The molecular formula is C18H26N2O3. The Hall–Kier alpha value is -1.59. The number of hydrogen-bond acceptors (Lipinski definition) is 4. The maximum Gasteiger partial charge on any atom is 0.222 e. The van der Waals surface area contributed by atoms with Crippen molar-refractivity contribution >= 4 is 12.0 Å². The van der Waals surface area contributed by atoms with Crippen LogP contribution in [0.3, 0.4) is 0 Å². The first-order valence-corrected chi connectivity index (χ1v) is 8.60. The highest BCUT2D eigenvalue weighted by Gasteiger charge is 2.38. The fourth-order valence-corrected chi connectivity index (χ4v) is 3.83. The van der Waals surface area contributed by atoms with Gasteiger partial charge in [0.05, 0.1) is 6.26 Å². The molecule has 1 aromatic rings. The van der Waals surface area contributed by atoms with Crippen LogP contribution in [0.2, 0.25) is 0 Å². The van der Waals surface area contributed by atoms with Crippen molar-refractivity contribution in [2.24, 2.45) is 5.92 Å². The van der Waals surface area contributed by atoms with Gasteiger partial charge in [0.2, 0.25) is 5.91 Å². The molecule has 2 saturated heterocycles. The predicted octanol–water partition coefficient (Wildman–Crippen LogP) is 1.99. The van der Waals surface area contributed by atoms with E-state index >= 15 is 0 Å². The van der Waals surface area contributed by atoms with Gasteiger partial charge in [0, 0.05) is 45.2 Å². The molecule has 126 valence electrons. The van der Waals surface area contributed by atoms with Crippen LogP contribution < -0.4 is 0 Å². The van der Waals surface area contributed by atoms with Crippen LogP contribution in [-0.4, -0.2) is 59.6 Å². The number of aliphatic hydroxyl groups excluding tert-OH is 1. The normalized spacial score (nSPS) is 26.0. The van der Waals surface area contributed by atoms with Gasteiger partial charge in [0.25, 0.3) is 0 Å². The van der Waals surface area contributed by atoms with Crippen LogP contribution in [0.15, 0.2) is 28.9 Å². The number of piperidine rings is 2. The summed E-state index contributed by atoms with van der Waals surface area (Å²) >= 11 is 0. The van der Waals surface area contributed by atoms with Crippen LogP contribution in [0, 0.1) is 5.92 Å². The van der Waals surface area contributed by atoms with Gasteiger partial charge in [-0.3, -0.25) is 9.69 Å². The summed E-state index contributed by atoms with van der Waals surface area (Å²) in [5.41, 5.74) is 0. The molecule has 2 fully saturated rings. The summed E-state index contributed by atoms with van der Waals surface area (Å²) in [6, 6.07) is 4.22. The van der Waals surface area contributed by atoms with Gasteiger partial charge in [-0.2, -0.15) is 0 Å². The van der Waals surface area contributed by atoms with Crippen molar-refractivity contribution in [2.75, 3.05) is 32.8 Å². The largest absolute Gasteiger partial charge is 0.465 e. The van der Waals surface area contributed by atoms with Crippen molar-refractivity contribution in [2.45, 2.75) is 31.7 Å². The molecule has 1 N–H and O–H groups in total. The molecule has 23 heavy (non-hydrogen) atoms. The minimum Gasteiger partial charge on any atom is -0.465 e. The Morgan fingerprint density at radius 1 is 1.39 bits per heavy atom.